The lowest BCUT2D eigenvalue weighted by Crippen LogP contribution is -2.66. The van der Waals surface area contributed by atoms with Crippen LogP contribution in [0.2, 0.25) is 0 Å². The number of hydrogen-bond donors (Lipinski definition) is 0. The van der Waals surface area contributed by atoms with Crippen molar-refractivity contribution in [2.75, 3.05) is 4.90 Å². The molecular weight excluding hydrogens is 576 g/mol. The van der Waals surface area contributed by atoms with Gasteiger partial charge in [0.1, 0.15) is 0 Å². The Labute approximate surface area is 291 Å². The van der Waals surface area contributed by atoms with Crippen LogP contribution >= 0.6 is 0 Å². The summed E-state index contributed by atoms with van der Waals surface area (Å²) >= 11 is 0. The van der Waals surface area contributed by atoms with Gasteiger partial charge >= 0.3 is 0 Å². The van der Waals surface area contributed by atoms with Crippen molar-refractivity contribution in [3.63, 3.8) is 0 Å². The lowest BCUT2D eigenvalue weighted by Gasteiger charge is -2.45. The van der Waals surface area contributed by atoms with E-state index in [9.17, 15) is 0 Å². The highest BCUT2D eigenvalue weighted by Gasteiger charge is 2.45. The van der Waals surface area contributed by atoms with E-state index in [0.717, 1.165) is 12.8 Å². The molecule has 0 saturated carbocycles. The van der Waals surface area contributed by atoms with Gasteiger partial charge in [-0.1, -0.05) is 89.0 Å². The molecule has 0 saturated heterocycles. The first-order valence-electron chi connectivity index (χ1n) is 18.2. The van der Waals surface area contributed by atoms with Gasteiger partial charge < -0.3 is 4.90 Å². The third-order valence-electron chi connectivity index (χ3n) is 13.0. The zero-order valence-corrected chi connectivity index (χ0v) is 31.6. The number of nitrogens with zero attached hydrogens (tertiary/aromatic N) is 1. The molecule has 0 spiro atoms. The van der Waals surface area contributed by atoms with Crippen LogP contribution in [0.1, 0.15) is 86.2 Å². The van der Waals surface area contributed by atoms with Crippen LogP contribution in [-0.2, 0) is 12.8 Å². The summed E-state index contributed by atoms with van der Waals surface area (Å²) in [5, 5.41) is 0. The fraction of sp³-hybridized carbons (Fsp3) is 0.333. The molecule has 0 aromatic heterocycles. The molecule has 2 aliphatic rings. The van der Waals surface area contributed by atoms with Crippen molar-refractivity contribution in [3.05, 3.63) is 121 Å². The second-order valence-corrected chi connectivity index (χ2v) is 15.1. The van der Waals surface area contributed by atoms with Crippen molar-refractivity contribution in [1.82, 2.24) is 0 Å². The Kier molecular flexibility index (Phi) is 7.86. The maximum atomic E-state index is 2.65. The number of benzene rings is 5. The summed E-state index contributed by atoms with van der Waals surface area (Å²) in [7, 11) is 0. The van der Waals surface area contributed by atoms with Crippen LogP contribution in [0.5, 0.6) is 0 Å². The topological polar surface area (TPSA) is 3.24 Å². The molecule has 5 aromatic carbocycles. The molecule has 48 heavy (non-hydrogen) atoms. The van der Waals surface area contributed by atoms with Gasteiger partial charge in [-0.05, 0) is 167 Å². The molecule has 242 valence electrons. The quantitative estimate of drug-likeness (QED) is 0.185. The number of anilines is 3. The molecule has 0 N–H and O–H groups in total. The lowest BCUT2D eigenvalue weighted by atomic mass is 9.29. The first-order chi connectivity index (χ1) is 22.8. The largest absolute Gasteiger partial charge is 0.313 e. The predicted molar refractivity (Wildman–Crippen MR) is 214 cm³/mol. The summed E-state index contributed by atoms with van der Waals surface area (Å²) in [6.07, 6.45) is 2.05. The Bertz CT molecular complexity index is 1980. The van der Waals surface area contributed by atoms with Crippen LogP contribution in [0.25, 0.3) is 0 Å². The van der Waals surface area contributed by atoms with Gasteiger partial charge in [-0.25, -0.2) is 0 Å². The smallest absolute Gasteiger partial charge is 0.247 e. The van der Waals surface area contributed by atoms with E-state index in [0.29, 0.717) is 0 Å². The van der Waals surface area contributed by atoms with Crippen LogP contribution in [-0.4, -0.2) is 13.4 Å². The first-order valence-corrected chi connectivity index (χ1v) is 18.2. The molecule has 0 unspecified atom stereocenters. The monoisotopic (exact) mass is 627 g/mol. The second kappa shape index (κ2) is 11.6. The van der Waals surface area contributed by atoms with Gasteiger partial charge in [-0.2, -0.15) is 0 Å². The van der Waals surface area contributed by atoms with Gasteiger partial charge in [0.2, 0.25) is 13.4 Å². The van der Waals surface area contributed by atoms with Crippen molar-refractivity contribution >= 4 is 63.3 Å². The van der Waals surface area contributed by atoms with E-state index >= 15 is 0 Å². The highest BCUT2D eigenvalue weighted by Crippen LogP contribution is 2.39. The average molecular weight is 628 g/mol. The predicted octanol–water partition coefficient (Wildman–Crippen LogP) is 7.33. The summed E-state index contributed by atoms with van der Waals surface area (Å²) < 4.78 is 0. The second-order valence-electron chi connectivity index (χ2n) is 15.1. The molecule has 0 radical (unpaired) electrons. The van der Waals surface area contributed by atoms with Gasteiger partial charge in [-0.15, -0.1) is 0 Å². The third-order valence-corrected chi connectivity index (χ3v) is 13.0. The standard InChI is InChI=1S/C45H51B2N/c1-14-35-16-18-41-37(22-35)46(43-31(10)27(6)25(4)28(7)32(43)11)39-20-24(3)21-40-45(39)48(41)42-19-17-36(15-2)23-38(42)47(40)44-33(12)29(8)26(5)30(9)34(44)13/h16-23H,14-15H2,1-13H3. The van der Waals surface area contributed by atoms with Gasteiger partial charge in [0.05, 0.1) is 0 Å². The number of hydrogen-bond acceptors (Lipinski definition) is 1. The van der Waals surface area contributed by atoms with E-state index in [2.05, 4.69) is 143 Å². The summed E-state index contributed by atoms with van der Waals surface area (Å²) in [4.78, 5) is 2.65. The molecular formula is C45H51B2N. The van der Waals surface area contributed by atoms with Crippen molar-refractivity contribution < 1.29 is 0 Å². The SMILES string of the molecule is CCc1ccc2c(c1)B(c1c(C)c(C)c(C)c(C)c1C)c1cc(C)cc3c1N2c1ccc(CC)cc1B3c1c(C)c(C)c(C)c(C)c1C. The molecule has 0 fully saturated rings. The van der Waals surface area contributed by atoms with E-state index in [4.69, 9.17) is 0 Å². The number of aryl methyl sites for hydroxylation is 3. The van der Waals surface area contributed by atoms with Gasteiger partial charge in [-0.3, -0.25) is 0 Å². The van der Waals surface area contributed by atoms with Crippen LogP contribution in [0, 0.1) is 76.2 Å². The maximum absolute atomic E-state index is 2.65. The third kappa shape index (κ3) is 4.45. The van der Waals surface area contributed by atoms with Crippen molar-refractivity contribution in [1.29, 1.82) is 0 Å². The molecule has 0 amide bonds. The molecule has 3 heteroatoms. The highest BCUT2D eigenvalue weighted by atomic mass is 15.2. The number of rotatable bonds is 4. The summed E-state index contributed by atoms with van der Waals surface area (Å²) in [6.45, 7) is 30.6. The van der Waals surface area contributed by atoms with E-state index in [1.54, 1.807) is 0 Å². The Balaban J connectivity index is 1.67. The van der Waals surface area contributed by atoms with E-state index in [-0.39, 0.29) is 13.4 Å². The van der Waals surface area contributed by atoms with Gasteiger partial charge in [0.25, 0.3) is 0 Å². The molecule has 5 aromatic rings. The molecule has 2 aliphatic heterocycles. The highest BCUT2D eigenvalue weighted by molar-refractivity contribution is 7.02. The average Bonchev–Trinajstić information content (AvgIpc) is 3.09. The Morgan fingerprint density at radius 3 is 1.08 bits per heavy atom. The minimum absolute atomic E-state index is 0.162. The molecule has 0 atom stereocenters. The fourth-order valence-electron chi connectivity index (χ4n) is 9.30. The Hall–Kier alpha value is -3.97. The summed E-state index contributed by atoms with van der Waals surface area (Å²) in [5.74, 6) is 0. The van der Waals surface area contributed by atoms with Crippen molar-refractivity contribution in [2.45, 2.75) is 103 Å². The van der Waals surface area contributed by atoms with Crippen LogP contribution in [0.4, 0.5) is 17.1 Å². The van der Waals surface area contributed by atoms with Gasteiger partial charge in [0.15, 0.2) is 0 Å². The molecule has 0 aliphatic carbocycles. The van der Waals surface area contributed by atoms with Crippen LogP contribution in [0.3, 0.4) is 0 Å². The van der Waals surface area contributed by atoms with Crippen molar-refractivity contribution in [3.8, 4) is 0 Å². The van der Waals surface area contributed by atoms with E-state index < -0.39 is 0 Å². The zero-order valence-electron chi connectivity index (χ0n) is 31.6. The lowest BCUT2D eigenvalue weighted by molar-refractivity contribution is 1.13. The van der Waals surface area contributed by atoms with E-state index in [1.165, 1.54) is 122 Å². The number of fused-ring (bicyclic) bond motifs is 4. The zero-order chi connectivity index (χ0) is 34.5. The molecule has 1 nitrogen and oxygen atoms in total. The van der Waals surface area contributed by atoms with Crippen LogP contribution in [0.15, 0.2) is 48.5 Å². The molecule has 7 rings (SSSR count). The maximum Gasteiger partial charge on any atom is 0.247 e. The van der Waals surface area contributed by atoms with Crippen molar-refractivity contribution in [2.24, 2.45) is 0 Å². The first kappa shape index (κ1) is 32.6. The Morgan fingerprint density at radius 2 is 0.750 bits per heavy atom. The summed E-state index contributed by atoms with van der Waals surface area (Å²) in [6, 6.07) is 19.7. The van der Waals surface area contributed by atoms with E-state index in [1.807, 2.05) is 0 Å². The minimum atomic E-state index is 0.162. The Morgan fingerprint density at radius 1 is 0.417 bits per heavy atom. The molecule has 0 bridgehead atoms. The minimum Gasteiger partial charge on any atom is -0.313 e. The van der Waals surface area contributed by atoms with Gasteiger partial charge in [0, 0.05) is 17.1 Å². The summed E-state index contributed by atoms with van der Waals surface area (Å²) in [5.41, 5.74) is 31.3. The normalized spacial score (nSPS) is 13.1. The fourth-order valence-corrected chi connectivity index (χ4v) is 9.30. The molecule has 2 heterocycles. The van der Waals surface area contributed by atoms with Crippen LogP contribution < -0.4 is 37.7 Å².